The van der Waals surface area contributed by atoms with E-state index in [9.17, 15) is 4.79 Å². The Morgan fingerprint density at radius 2 is 0.943 bits per heavy atom. The molecule has 0 spiro atoms. The predicted molar refractivity (Wildman–Crippen MR) is 150 cm³/mol. The first kappa shape index (κ1) is 36.8. The molecule has 0 saturated heterocycles. The van der Waals surface area contributed by atoms with Crippen LogP contribution in [-0.2, 0) is 9.63 Å². The Labute approximate surface area is 231 Å². The van der Waals surface area contributed by atoms with Gasteiger partial charge < -0.3 is 17.0 Å². The molecular weight excluding hydrogens is 498 g/mol. The fraction of sp³-hybridized carbons (Fsp3) is 0.903. The van der Waals surface area contributed by atoms with E-state index in [1.165, 1.54) is 116 Å². The highest BCUT2D eigenvalue weighted by Crippen LogP contribution is 2.27. The first-order valence-corrected chi connectivity index (χ1v) is 15.2. The number of quaternary nitrogens is 1. The molecule has 0 aliphatic carbocycles. The predicted octanol–water partition coefficient (Wildman–Crippen LogP) is 7.09. The topological polar surface area (TPSA) is 26.3 Å². The van der Waals surface area contributed by atoms with Crippen LogP contribution in [0.25, 0.3) is 0 Å². The summed E-state index contributed by atoms with van der Waals surface area (Å²) in [5, 5.41) is 0. The van der Waals surface area contributed by atoms with Gasteiger partial charge >= 0.3 is 5.97 Å². The van der Waals surface area contributed by atoms with Gasteiger partial charge in [0.2, 0.25) is 0 Å². The maximum atomic E-state index is 12.5. The second-order valence-corrected chi connectivity index (χ2v) is 10.6. The molecule has 0 radical (unpaired) electrons. The van der Waals surface area contributed by atoms with E-state index in [4.69, 9.17) is 4.84 Å². The molecule has 0 rings (SSSR count). The minimum atomic E-state index is -0.229. The summed E-state index contributed by atoms with van der Waals surface area (Å²) in [4.78, 5) is 18.6. The van der Waals surface area contributed by atoms with E-state index in [0.29, 0.717) is 16.3 Å². The lowest BCUT2D eigenvalue weighted by Crippen LogP contribution is -3.00. The number of carbonyl (C=O) groups is 1. The normalized spacial score (nSPS) is 11.5. The number of halogens is 1. The van der Waals surface area contributed by atoms with Crippen molar-refractivity contribution < 1.29 is 31.3 Å². The van der Waals surface area contributed by atoms with Crippen molar-refractivity contribution in [2.45, 2.75) is 169 Å². The lowest BCUT2D eigenvalue weighted by molar-refractivity contribution is -1.10. The summed E-state index contributed by atoms with van der Waals surface area (Å²) < 4.78 is 0.472. The van der Waals surface area contributed by atoms with Crippen molar-refractivity contribution in [1.29, 1.82) is 0 Å². The molecule has 0 amide bonds. The summed E-state index contributed by atoms with van der Waals surface area (Å²) in [7, 11) is 0. The van der Waals surface area contributed by atoms with Gasteiger partial charge in [0, 0.05) is 18.4 Å². The van der Waals surface area contributed by atoms with Gasteiger partial charge in [-0.15, -0.1) is 4.65 Å². The number of hydrogen-bond acceptors (Lipinski definition) is 2. The molecule has 0 saturated carbocycles. The van der Waals surface area contributed by atoms with Crippen LogP contribution in [0.5, 0.6) is 0 Å². The molecule has 0 unspecified atom stereocenters. The lowest BCUT2D eigenvalue weighted by Gasteiger charge is -2.40. The van der Waals surface area contributed by atoms with E-state index in [1.54, 1.807) is 6.92 Å². The quantitative estimate of drug-likeness (QED) is 0.0516. The summed E-state index contributed by atoms with van der Waals surface area (Å²) in [6, 6.07) is 0.410. The van der Waals surface area contributed by atoms with Crippen LogP contribution in [0.1, 0.15) is 163 Å². The fourth-order valence-electron chi connectivity index (χ4n) is 5.18. The number of hydrogen-bond donors (Lipinski definition) is 0. The Hall–Kier alpha value is -0.350. The Bertz CT molecular complexity index is 468. The van der Waals surface area contributed by atoms with Crippen molar-refractivity contribution in [3.05, 3.63) is 12.2 Å². The van der Waals surface area contributed by atoms with Gasteiger partial charge in [-0.05, 0) is 33.6 Å². The molecule has 0 aromatic carbocycles. The van der Waals surface area contributed by atoms with Crippen molar-refractivity contribution in [2.75, 3.05) is 13.1 Å². The van der Waals surface area contributed by atoms with Crippen molar-refractivity contribution in [3.63, 3.8) is 0 Å². The summed E-state index contributed by atoms with van der Waals surface area (Å²) in [6.45, 7) is 16.2. The number of carbonyl (C=O) groups excluding carboxylic acids is 1. The van der Waals surface area contributed by atoms with Gasteiger partial charge in [-0.25, -0.2) is 4.79 Å². The van der Waals surface area contributed by atoms with E-state index in [0.717, 1.165) is 25.9 Å². The highest BCUT2D eigenvalue weighted by Gasteiger charge is 2.38. The van der Waals surface area contributed by atoms with Gasteiger partial charge in [0.25, 0.3) is 0 Å². The van der Waals surface area contributed by atoms with Gasteiger partial charge in [-0.2, -0.15) is 0 Å². The van der Waals surface area contributed by atoms with Gasteiger partial charge in [0.15, 0.2) is 0 Å². The first-order valence-electron chi connectivity index (χ1n) is 15.2. The molecule has 0 atom stereocenters. The Balaban J connectivity index is 0. The number of unbranched alkanes of at least 4 members (excludes halogenated alkanes) is 16. The smallest absolute Gasteiger partial charge is 0.392 e. The lowest BCUT2D eigenvalue weighted by atomic mass is 9.98. The van der Waals surface area contributed by atoms with Crippen LogP contribution >= 0.6 is 0 Å². The van der Waals surface area contributed by atoms with Crippen LogP contribution < -0.4 is 17.0 Å². The van der Waals surface area contributed by atoms with Crippen LogP contribution in [0.15, 0.2) is 12.2 Å². The van der Waals surface area contributed by atoms with Gasteiger partial charge in [0.05, 0.1) is 0 Å². The second kappa shape index (κ2) is 25.3. The third kappa shape index (κ3) is 18.5. The molecular formula is C31H62BrNO2. The molecule has 0 bridgehead atoms. The molecule has 3 nitrogen and oxygen atoms in total. The Kier molecular flexibility index (Phi) is 26.6. The minimum absolute atomic E-state index is 0. The first-order chi connectivity index (χ1) is 16.5. The maximum Gasteiger partial charge on any atom is 0.392 e. The second-order valence-electron chi connectivity index (χ2n) is 10.6. The van der Waals surface area contributed by atoms with Crippen molar-refractivity contribution >= 4 is 5.97 Å². The Morgan fingerprint density at radius 3 is 1.23 bits per heavy atom. The van der Waals surface area contributed by atoms with E-state index >= 15 is 0 Å². The van der Waals surface area contributed by atoms with Gasteiger partial charge in [-0.3, -0.25) is 4.84 Å². The average molecular weight is 561 g/mol. The zero-order valence-corrected chi connectivity index (χ0v) is 26.1. The van der Waals surface area contributed by atoms with Crippen LogP contribution in [-0.4, -0.2) is 29.7 Å². The fourth-order valence-corrected chi connectivity index (χ4v) is 5.18. The molecule has 210 valence electrons. The number of nitrogens with zero attached hydrogens (tertiary/aromatic N) is 1. The van der Waals surface area contributed by atoms with Crippen molar-refractivity contribution in [3.8, 4) is 0 Å². The molecule has 0 N–H and O–H groups in total. The average Bonchev–Trinajstić information content (AvgIpc) is 2.84. The zero-order chi connectivity index (χ0) is 25.5. The summed E-state index contributed by atoms with van der Waals surface area (Å²) >= 11 is 0. The van der Waals surface area contributed by atoms with E-state index in [1.807, 2.05) is 0 Å². The van der Waals surface area contributed by atoms with Crippen LogP contribution in [0.4, 0.5) is 0 Å². The molecule has 0 heterocycles. The Morgan fingerprint density at radius 1 is 0.629 bits per heavy atom. The number of rotatable bonds is 25. The summed E-state index contributed by atoms with van der Waals surface area (Å²) in [6.07, 6.45) is 26.7. The van der Waals surface area contributed by atoms with E-state index in [2.05, 4.69) is 34.3 Å². The molecule has 0 aromatic rings. The molecule has 4 heteroatoms. The van der Waals surface area contributed by atoms with E-state index < -0.39 is 0 Å². The molecule has 0 aliphatic heterocycles. The standard InChI is InChI=1S/C31H62NO2.BrH/c1-7-11-13-15-17-19-21-23-25-27-30(28-26-24-22-20-18-16-14-12-8-2)32(9-3,10-4)34-31(33)29(5)6;/h30H,5,7-28H2,1-4,6H3;1H/q+1;/p-1. The summed E-state index contributed by atoms with van der Waals surface area (Å²) in [5.41, 5.74) is 0.509. The highest BCUT2D eigenvalue weighted by molar-refractivity contribution is 5.86. The third-order valence-electron chi connectivity index (χ3n) is 7.63. The SMILES string of the molecule is C=C(C)C(=O)O[N+](CC)(CC)C(CCCCCCCCCCC)CCCCCCCCCCC.[Br-]. The third-order valence-corrected chi connectivity index (χ3v) is 7.63. The van der Waals surface area contributed by atoms with Crippen LogP contribution in [0.2, 0.25) is 0 Å². The molecule has 0 aliphatic rings. The summed E-state index contributed by atoms with van der Waals surface area (Å²) in [5.74, 6) is -0.229. The maximum absolute atomic E-state index is 12.5. The van der Waals surface area contributed by atoms with Gasteiger partial charge in [0.1, 0.15) is 19.1 Å². The molecule has 35 heavy (non-hydrogen) atoms. The largest absolute Gasteiger partial charge is 1.00 e. The monoisotopic (exact) mass is 559 g/mol. The highest BCUT2D eigenvalue weighted by atomic mass is 79.9. The van der Waals surface area contributed by atoms with Crippen LogP contribution in [0.3, 0.4) is 0 Å². The van der Waals surface area contributed by atoms with Crippen molar-refractivity contribution in [2.24, 2.45) is 0 Å². The molecule has 0 fully saturated rings. The van der Waals surface area contributed by atoms with Gasteiger partial charge in [-0.1, -0.05) is 123 Å². The van der Waals surface area contributed by atoms with Crippen molar-refractivity contribution in [1.82, 2.24) is 0 Å². The minimum Gasteiger partial charge on any atom is -1.00 e. The number of hydroxylamine groups is 3. The van der Waals surface area contributed by atoms with E-state index in [-0.39, 0.29) is 23.0 Å². The molecule has 0 aromatic heterocycles. The zero-order valence-electron chi connectivity index (χ0n) is 24.5. The van der Waals surface area contributed by atoms with Crippen LogP contribution in [0, 0.1) is 0 Å².